The minimum absolute atomic E-state index is 0.143. The van der Waals surface area contributed by atoms with Crippen LogP contribution < -0.4 is 20.4 Å². The molecule has 0 bridgehead atoms. The van der Waals surface area contributed by atoms with Crippen LogP contribution in [0.5, 0.6) is 17.2 Å². The molecule has 5 aromatic carbocycles. The van der Waals surface area contributed by atoms with Crippen molar-refractivity contribution in [2.75, 3.05) is 0 Å². The maximum absolute atomic E-state index is 6.46. The zero-order valence-electron chi connectivity index (χ0n) is 21.6. The van der Waals surface area contributed by atoms with Crippen molar-refractivity contribution in [1.82, 2.24) is 0 Å². The van der Waals surface area contributed by atoms with E-state index >= 15 is 0 Å². The van der Waals surface area contributed by atoms with Crippen molar-refractivity contribution in [2.24, 2.45) is 0 Å². The SMILES string of the molecule is C1=CC(c2cccc(-c3ccc4sc5ccccc5c4c3)c2)CC2=C1Oc1cccc3c1B2c1ccccc1O3. The van der Waals surface area contributed by atoms with Gasteiger partial charge in [-0.1, -0.05) is 78.9 Å². The predicted octanol–water partition coefficient (Wildman–Crippen LogP) is 8.37. The highest BCUT2D eigenvalue weighted by Crippen LogP contribution is 2.42. The topological polar surface area (TPSA) is 18.5 Å². The second kappa shape index (κ2) is 8.48. The molecule has 0 spiro atoms. The highest BCUT2D eigenvalue weighted by Gasteiger charge is 2.42. The number of ether oxygens (including phenoxy) is 2. The molecule has 1 atom stereocenters. The summed E-state index contributed by atoms with van der Waals surface area (Å²) in [5, 5.41) is 2.67. The molecular weight excluding hydrogens is 507 g/mol. The number of thiophene rings is 1. The van der Waals surface area contributed by atoms with E-state index in [0.29, 0.717) is 0 Å². The van der Waals surface area contributed by atoms with Crippen LogP contribution in [0.1, 0.15) is 17.9 Å². The lowest BCUT2D eigenvalue weighted by atomic mass is 9.33. The predicted molar refractivity (Wildman–Crippen MR) is 167 cm³/mol. The average Bonchev–Trinajstić information content (AvgIpc) is 3.39. The maximum atomic E-state index is 6.46. The Morgan fingerprint density at radius 2 is 1.43 bits per heavy atom. The summed E-state index contributed by atoms with van der Waals surface area (Å²) >= 11 is 1.87. The molecule has 2 nitrogen and oxygen atoms in total. The minimum atomic E-state index is 0.143. The molecule has 0 N–H and O–H groups in total. The highest BCUT2D eigenvalue weighted by molar-refractivity contribution is 7.25. The van der Waals surface area contributed by atoms with Crippen molar-refractivity contribution < 1.29 is 9.47 Å². The van der Waals surface area contributed by atoms with Gasteiger partial charge in [0.1, 0.15) is 23.0 Å². The summed E-state index contributed by atoms with van der Waals surface area (Å²) < 4.78 is 15.4. The Morgan fingerprint density at radius 1 is 0.650 bits per heavy atom. The van der Waals surface area contributed by atoms with Gasteiger partial charge in [0, 0.05) is 31.6 Å². The van der Waals surface area contributed by atoms with Crippen molar-refractivity contribution >= 4 is 49.1 Å². The van der Waals surface area contributed by atoms with Crippen molar-refractivity contribution in [1.29, 1.82) is 0 Å². The Balaban J connectivity index is 1.10. The van der Waals surface area contributed by atoms with E-state index in [1.165, 1.54) is 47.8 Å². The first-order valence-electron chi connectivity index (χ1n) is 13.8. The van der Waals surface area contributed by atoms with Gasteiger partial charge in [-0.15, -0.1) is 11.3 Å². The number of hydrogen-bond donors (Lipinski definition) is 0. The Hall–Kier alpha value is -4.54. The molecule has 3 aliphatic rings. The number of para-hydroxylation sites is 1. The number of benzene rings is 5. The van der Waals surface area contributed by atoms with Gasteiger partial charge < -0.3 is 9.47 Å². The molecule has 6 aromatic rings. The van der Waals surface area contributed by atoms with Crippen LogP contribution >= 0.6 is 11.3 Å². The molecule has 1 aliphatic carbocycles. The highest BCUT2D eigenvalue weighted by atomic mass is 32.1. The van der Waals surface area contributed by atoms with Crippen LogP contribution in [0.2, 0.25) is 0 Å². The molecular formula is C36H23BO2S. The first-order chi connectivity index (χ1) is 19.8. The van der Waals surface area contributed by atoms with E-state index in [0.717, 1.165) is 34.9 Å². The van der Waals surface area contributed by atoms with Crippen LogP contribution in [0.3, 0.4) is 0 Å². The molecule has 40 heavy (non-hydrogen) atoms. The lowest BCUT2D eigenvalue weighted by Crippen LogP contribution is -2.51. The summed E-state index contributed by atoms with van der Waals surface area (Å²) in [6, 6.07) is 39.2. The second-order valence-electron chi connectivity index (χ2n) is 10.8. The molecule has 1 aromatic heterocycles. The minimum Gasteiger partial charge on any atom is -0.459 e. The van der Waals surface area contributed by atoms with E-state index in [1.807, 2.05) is 23.5 Å². The molecule has 188 valence electrons. The van der Waals surface area contributed by atoms with Crippen LogP contribution in [0, 0.1) is 0 Å². The molecule has 0 radical (unpaired) electrons. The summed E-state index contributed by atoms with van der Waals surface area (Å²) in [5.74, 6) is 4.00. The molecule has 2 aliphatic heterocycles. The Morgan fingerprint density at radius 3 is 2.40 bits per heavy atom. The van der Waals surface area contributed by atoms with Crippen LogP contribution in [-0.2, 0) is 0 Å². The van der Waals surface area contributed by atoms with Crippen LogP contribution in [0.25, 0.3) is 31.3 Å². The first-order valence-corrected chi connectivity index (χ1v) is 14.6. The molecule has 0 amide bonds. The molecule has 0 saturated heterocycles. The standard InChI is InChI=1S/C36H23BO2S/c1-4-14-34-26(9-1)27-20-24(16-18-35(27)40-34)22-7-5-8-23(19-22)25-15-17-31-29(21-25)37-28-10-2-3-11-30(28)38-32-12-6-13-33(39-31)36(32)37/h1-20,25H,21H2. The summed E-state index contributed by atoms with van der Waals surface area (Å²) in [5.41, 5.74) is 7.55. The number of hydrogen-bond acceptors (Lipinski definition) is 3. The summed E-state index contributed by atoms with van der Waals surface area (Å²) in [4.78, 5) is 0. The van der Waals surface area contributed by atoms with Gasteiger partial charge in [0.25, 0.3) is 6.71 Å². The Labute approximate surface area is 236 Å². The summed E-state index contributed by atoms with van der Waals surface area (Å²) in [7, 11) is 0. The summed E-state index contributed by atoms with van der Waals surface area (Å²) in [6.45, 7) is 0.143. The van der Waals surface area contributed by atoms with Gasteiger partial charge in [-0.05, 0) is 76.5 Å². The fourth-order valence-corrected chi connectivity index (χ4v) is 7.80. The first kappa shape index (κ1) is 22.3. The molecule has 1 unspecified atom stereocenters. The molecule has 0 saturated carbocycles. The fourth-order valence-electron chi connectivity index (χ4n) is 6.71. The van der Waals surface area contributed by atoms with Gasteiger partial charge in [-0.3, -0.25) is 0 Å². The van der Waals surface area contributed by atoms with Gasteiger partial charge in [-0.25, -0.2) is 0 Å². The van der Waals surface area contributed by atoms with Gasteiger partial charge in [0.15, 0.2) is 0 Å². The normalized spacial score (nSPS) is 16.8. The van der Waals surface area contributed by atoms with Crippen LogP contribution in [-0.4, -0.2) is 6.71 Å². The quantitative estimate of drug-likeness (QED) is 0.210. The third kappa shape index (κ3) is 3.29. The van der Waals surface area contributed by atoms with E-state index in [-0.39, 0.29) is 12.6 Å². The van der Waals surface area contributed by atoms with E-state index in [2.05, 4.69) is 109 Å². The Kier molecular flexibility index (Phi) is 4.73. The largest absolute Gasteiger partial charge is 0.459 e. The smallest absolute Gasteiger partial charge is 0.256 e. The van der Waals surface area contributed by atoms with Crippen molar-refractivity contribution in [3.8, 4) is 28.4 Å². The maximum Gasteiger partial charge on any atom is 0.256 e. The zero-order chi connectivity index (χ0) is 26.2. The van der Waals surface area contributed by atoms with E-state index in [4.69, 9.17) is 9.47 Å². The number of allylic oxidation sites excluding steroid dienone is 3. The summed E-state index contributed by atoms with van der Waals surface area (Å²) in [6.07, 6.45) is 5.41. The van der Waals surface area contributed by atoms with E-state index in [1.54, 1.807) is 0 Å². The van der Waals surface area contributed by atoms with Crippen LogP contribution in [0.4, 0.5) is 0 Å². The van der Waals surface area contributed by atoms with Gasteiger partial charge in [0.05, 0.1) is 0 Å². The van der Waals surface area contributed by atoms with E-state index in [9.17, 15) is 0 Å². The molecule has 9 rings (SSSR count). The average molecular weight is 530 g/mol. The van der Waals surface area contributed by atoms with Crippen LogP contribution in [0.15, 0.2) is 133 Å². The molecule has 0 fully saturated rings. The monoisotopic (exact) mass is 530 g/mol. The zero-order valence-corrected chi connectivity index (χ0v) is 22.5. The van der Waals surface area contributed by atoms with Crippen molar-refractivity contribution in [3.63, 3.8) is 0 Å². The number of fused-ring (bicyclic) bond motifs is 6. The fraction of sp³-hybridized carbons (Fsp3) is 0.0556. The van der Waals surface area contributed by atoms with Gasteiger partial charge in [0.2, 0.25) is 0 Å². The molecule has 4 heteroatoms. The van der Waals surface area contributed by atoms with Crippen molar-refractivity contribution in [2.45, 2.75) is 12.3 Å². The van der Waals surface area contributed by atoms with Gasteiger partial charge >= 0.3 is 0 Å². The third-order valence-corrected chi connectivity index (χ3v) is 9.75. The Bertz CT molecular complexity index is 2070. The lowest BCUT2D eigenvalue weighted by molar-refractivity contribution is 0.426. The second-order valence-corrected chi connectivity index (χ2v) is 11.9. The lowest BCUT2D eigenvalue weighted by Gasteiger charge is -2.36. The third-order valence-electron chi connectivity index (χ3n) is 8.59. The van der Waals surface area contributed by atoms with Crippen molar-refractivity contribution in [3.05, 3.63) is 138 Å². The van der Waals surface area contributed by atoms with Gasteiger partial charge in [-0.2, -0.15) is 0 Å². The van der Waals surface area contributed by atoms with E-state index < -0.39 is 0 Å². The molecule has 3 heterocycles. The number of rotatable bonds is 2.